The minimum atomic E-state index is -0.982. The number of hydrogen-bond donors (Lipinski definition) is 2. The van der Waals surface area contributed by atoms with E-state index in [1.54, 1.807) is 55.9 Å². The zero-order valence-electron chi connectivity index (χ0n) is 38.6. The Hall–Kier alpha value is -6.11. The number of methoxy groups -OCH3 is 2. The predicted octanol–water partition coefficient (Wildman–Crippen LogP) is 3.85. The number of imide groups is 2. The first-order valence-corrected chi connectivity index (χ1v) is 24.1. The van der Waals surface area contributed by atoms with E-state index in [1.807, 2.05) is 24.4 Å². The third-order valence-electron chi connectivity index (χ3n) is 14.4. The number of rotatable bonds is 12. The van der Waals surface area contributed by atoms with Crippen molar-refractivity contribution >= 4 is 62.6 Å². The van der Waals surface area contributed by atoms with Crippen LogP contribution in [0.5, 0.6) is 11.5 Å². The average molecular weight is 935 g/mol. The number of amides is 6. The maximum atomic E-state index is 13.5. The van der Waals surface area contributed by atoms with Crippen molar-refractivity contribution in [2.75, 3.05) is 78.0 Å². The van der Waals surface area contributed by atoms with Gasteiger partial charge in [0.1, 0.15) is 17.5 Å². The van der Waals surface area contributed by atoms with Gasteiger partial charge in [-0.3, -0.25) is 53.6 Å². The molecule has 0 aliphatic carbocycles. The second kappa shape index (κ2) is 19.2. The molecule has 0 saturated carbocycles. The summed E-state index contributed by atoms with van der Waals surface area (Å²) in [6.07, 6.45) is 6.67. The van der Waals surface area contributed by atoms with Crippen LogP contribution in [-0.2, 0) is 28.0 Å². The summed E-state index contributed by atoms with van der Waals surface area (Å²) in [5, 5.41) is 5.85. The fourth-order valence-electron chi connectivity index (χ4n) is 10.4. The summed E-state index contributed by atoms with van der Waals surface area (Å²) >= 11 is 1.30. The molecule has 4 fully saturated rings. The predicted molar refractivity (Wildman–Crippen MR) is 253 cm³/mol. The molecule has 4 saturated heterocycles. The second-order valence-electron chi connectivity index (χ2n) is 18.4. The minimum Gasteiger partial charge on any atom is -0.496 e. The number of aromatic nitrogens is 1. The molecule has 1 atom stereocenters. The first kappa shape index (κ1) is 46.0. The number of fused-ring (bicyclic) bond motifs is 2. The highest BCUT2D eigenvalue weighted by Crippen LogP contribution is 2.41. The maximum Gasteiger partial charge on any atom is 0.262 e. The van der Waals surface area contributed by atoms with Crippen molar-refractivity contribution < 1.29 is 38.2 Å². The molecule has 2 aromatic carbocycles. The first-order valence-electron chi connectivity index (χ1n) is 23.3. The van der Waals surface area contributed by atoms with E-state index in [0.717, 1.165) is 97.1 Å². The zero-order valence-corrected chi connectivity index (χ0v) is 39.4. The van der Waals surface area contributed by atoms with E-state index < -0.39 is 29.7 Å². The van der Waals surface area contributed by atoms with Crippen LogP contribution in [0.4, 0.5) is 5.69 Å². The van der Waals surface area contributed by atoms with Gasteiger partial charge < -0.3 is 29.2 Å². The molecule has 18 heteroatoms. The number of carbonyl (C=O) groups excluding carboxylic acids is 6. The first-order chi connectivity index (χ1) is 32.3. The SMILES string of the molecule is COc1cc(-c2cn(C)c(=O)c3cc(C(=O)NC4CCN(C(C)=O)CC4)sc23)cc(OC)c1CN1CCC(CCN2CCN(c3ccc4c(c3)C(=O)N(C3CCC(=O)NC3=O)C4=O)CC2)CC1. The highest BCUT2D eigenvalue weighted by atomic mass is 32.1. The number of thiophene rings is 1. The van der Waals surface area contributed by atoms with Crippen LogP contribution in [0.15, 0.2) is 47.4 Å². The number of hydrogen-bond acceptors (Lipinski definition) is 13. The van der Waals surface area contributed by atoms with E-state index in [2.05, 4.69) is 25.3 Å². The van der Waals surface area contributed by atoms with Gasteiger partial charge in [-0.15, -0.1) is 11.3 Å². The Labute approximate surface area is 392 Å². The van der Waals surface area contributed by atoms with E-state index in [0.29, 0.717) is 65.7 Å². The lowest BCUT2D eigenvalue weighted by atomic mass is 9.92. The van der Waals surface area contributed by atoms with Crippen molar-refractivity contribution in [3.8, 4) is 22.6 Å². The van der Waals surface area contributed by atoms with Gasteiger partial charge in [-0.2, -0.15) is 0 Å². The van der Waals surface area contributed by atoms with E-state index >= 15 is 0 Å². The normalized spacial score (nSPS) is 20.1. The van der Waals surface area contributed by atoms with Crippen LogP contribution in [0.3, 0.4) is 0 Å². The maximum absolute atomic E-state index is 13.5. The smallest absolute Gasteiger partial charge is 0.262 e. The lowest BCUT2D eigenvalue weighted by Gasteiger charge is -2.38. The molecular weight excluding hydrogens is 877 g/mol. The van der Waals surface area contributed by atoms with Crippen molar-refractivity contribution in [3.63, 3.8) is 0 Å². The fraction of sp³-hybridized carbons (Fsp3) is 0.490. The summed E-state index contributed by atoms with van der Waals surface area (Å²) in [4.78, 5) is 99.8. The average Bonchev–Trinajstić information content (AvgIpc) is 3.89. The van der Waals surface area contributed by atoms with Crippen molar-refractivity contribution in [1.82, 2.24) is 34.8 Å². The number of benzene rings is 2. The van der Waals surface area contributed by atoms with Gasteiger partial charge in [0, 0.05) is 94.4 Å². The standard InChI is InChI=1S/C49H58N8O9S/c1-29(58)55-17-12-32(13-18-55)50-46(61)42-26-36-44(67-42)37(27-52(2)47(36)62)31-23-40(65-3)38(41(24-31)66-4)28-54-15-10-30(11-16-54)9-14-53-19-21-56(22-20-53)33-5-6-34-35(25-33)49(64)57(48(34)63)39-7-8-43(59)51-45(39)60/h5-6,23-27,30,32,39H,7-22,28H2,1-4H3,(H,50,61)(H,51,59,60). The third kappa shape index (κ3) is 9.30. The zero-order chi connectivity index (χ0) is 47.1. The molecular formula is C49H58N8O9S. The monoisotopic (exact) mass is 934 g/mol. The summed E-state index contributed by atoms with van der Waals surface area (Å²) in [6, 6.07) is 9.97. The number of piperazine rings is 1. The van der Waals surface area contributed by atoms with E-state index in [1.165, 1.54) is 11.3 Å². The summed E-state index contributed by atoms with van der Waals surface area (Å²) in [5.74, 6) is -0.182. The highest BCUT2D eigenvalue weighted by Gasteiger charge is 2.45. The molecule has 17 nitrogen and oxygen atoms in total. The number of anilines is 1. The van der Waals surface area contributed by atoms with Crippen LogP contribution in [-0.4, -0.2) is 145 Å². The van der Waals surface area contributed by atoms with Crippen LogP contribution in [0.1, 0.15) is 87.8 Å². The summed E-state index contributed by atoms with van der Waals surface area (Å²) in [7, 11) is 5.03. The van der Waals surface area contributed by atoms with Gasteiger partial charge in [-0.25, -0.2) is 0 Å². The van der Waals surface area contributed by atoms with Gasteiger partial charge in [0.15, 0.2) is 0 Å². The number of likely N-dealkylation sites (tertiary alicyclic amines) is 2. The summed E-state index contributed by atoms with van der Waals surface area (Å²) < 4.78 is 14.3. The molecule has 5 aliphatic heterocycles. The van der Waals surface area contributed by atoms with E-state index in [-0.39, 0.29) is 41.8 Å². The Morgan fingerprint density at radius 1 is 0.791 bits per heavy atom. The number of nitrogens with one attached hydrogen (secondary N) is 2. The van der Waals surface area contributed by atoms with Gasteiger partial charge in [-0.1, -0.05) is 0 Å². The number of ether oxygens (including phenoxy) is 2. The van der Waals surface area contributed by atoms with Crippen LogP contribution in [0.25, 0.3) is 21.2 Å². The molecule has 354 valence electrons. The molecule has 4 aromatic rings. The molecule has 2 aromatic heterocycles. The largest absolute Gasteiger partial charge is 0.496 e. The second-order valence-corrected chi connectivity index (χ2v) is 19.5. The van der Waals surface area contributed by atoms with Crippen LogP contribution in [0, 0.1) is 5.92 Å². The summed E-state index contributed by atoms with van der Waals surface area (Å²) in [5.41, 5.74) is 3.87. The third-order valence-corrected chi connectivity index (χ3v) is 15.5. The Morgan fingerprint density at radius 2 is 1.48 bits per heavy atom. The number of nitrogens with zero attached hydrogens (tertiary/aromatic N) is 6. The van der Waals surface area contributed by atoms with Crippen molar-refractivity contribution in [1.29, 1.82) is 0 Å². The molecule has 0 bridgehead atoms. The van der Waals surface area contributed by atoms with Gasteiger partial charge in [0.05, 0.1) is 41.2 Å². The molecule has 7 heterocycles. The molecule has 1 unspecified atom stereocenters. The fourth-order valence-corrected chi connectivity index (χ4v) is 11.5. The van der Waals surface area contributed by atoms with Gasteiger partial charge in [-0.05, 0) is 106 Å². The van der Waals surface area contributed by atoms with Crippen LogP contribution < -0.4 is 30.6 Å². The number of pyridine rings is 1. The molecule has 5 aliphatic rings. The molecule has 0 radical (unpaired) electrons. The molecule has 0 spiro atoms. The number of carbonyl (C=O) groups is 6. The Bertz CT molecular complexity index is 2670. The number of piperidine rings is 3. The van der Waals surface area contributed by atoms with Gasteiger partial charge in [0.25, 0.3) is 23.3 Å². The van der Waals surface area contributed by atoms with Gasteiger partial charge >= 0.3 is 0 Å². The Kier molecular flexibility index (Phi) is 13.2. The lowest BCUT2D eigenvalue weighted by molar-refractivity contribution is -0.136. The summed E-state index contributed by atoms with van der Waals surface area (Å²) in [6.45, 7) is 9.70. The molecule has 9 rings (SSSR count). The Morgan fingerprint density at radius 3 is 2.13 bits per heavy atom. The highest BCUT2D eigenvalue weighted by molar-refractivity contribution is 7.21. The topological polar surface area (TPSA) is 183 Å². The van der Waals surface area contributed by atoms with Crippen LogP contribution >= 0.6 is 11.3 Å². The lowest BCUT2D eigenvalue weighted by Crippen LogP contribution is -2.54. The van der Waals surface area contributed by atoms with Gasteiger partial charge in [0.2, 0.25) is 17.7 Å². The molecule has 6 amide bonds. The van der Waals surface area contributed by atoms with E-state index in [9.17, 15) is 33.6 Å². The van der Waals surface area contributed by atoms with Crippen molar-refractivity contribution in [3.05, 3.63) is 74.5 Å². The quantitative estimate of drug-likeness (QED) is 0.196. The van der Waals surface area contributed by atoms with Crippen molar-refractivity contribution in [2.24, 2.45) is 13.0 Å². The molecule has 67 heavy (non-hydrogen) atoms. The molecule has 2 N–H and O–H groups in total. The van der Waals surface area contributed by atoms with Crippen LogP contribution in [0.2, 0.25) is 0 Å². The van der Waals surface area contributed by atoms with E-state index in [4.69, 9.17) is 9.47 Å². The van der Waals surface area contributed by atoms with Crippen molar-refractivity contribution in [2.45, 2.75) is 70.5 Å². The minimum absolute atomic E-state index is 0.0405. The number of aryl methyl sites for hydroxylation is 1. The Balaban J connectivity index is 0.783.